The highest BCUT2D eigenvalue weighted by atomic mass is 79.9. The number of amides is 1. The second kappa shape index (κ2) is 10.6. The summed E-state index contributed by atoms with van der Waals surface area (Å²) in [5, 5.41) is 12.0. The highest BCUT2D eigenvalue weighted by Gasteiger charge is 2.30. The van der Waals surface area contributed by atoms with Crippen LogP contribution in [-0.2, 0) is 11.4 Å². The molecule has 4 aromatic carbocycles. The molecule has 0 aromatic heterocycles. The SMILES string of the molecule is CN1C(=O)/C(=C/c2ccc(OCc3ccc4ccccc4c3)c(Br)c2)SC1=Nc1cccc(C(=O)O)c1. The van der Waals surface area contributed by atoms with Crippen molar-refractivity contribution in [2.45, 2.75) is 6.61 Å². The third-order valence-electron chi connectivity index (χ3n) is 5.78. The number of ether oxygens (including phenoxy) is 1. The molecule has 5 rings (SSSR count). The van der Waals surface area contributed by atoms with Gasteiger partial charge in [0, 0.05) is 7.05 Å². The summed E-state index contributed by atoms with van der Waals surface area (Å²) in [6, 6.07) is 26.5. The van der Waals surface area contributed by atoms with E-state index in [9.17, 15) is 14.7 Å². The lowest BCUT2D eigenvalue weighted by molar-refractivity contribution is -0.121. The normalized spacial score (nSPS) is 15.6. The lowest BCUT2D eigenvalue weighted by atomic mass is 10.1. The molecule has 0 radical (unpaired) electrons. The van der Waals surface area contributed by atoms with Gasteiger partial charge in [0.25, 0.3) is 5.91 Å². The molecule has 4 aromatic rings. The number of benzene rings is 4. The molecule has 0 aliphatic carbocycles. The Balaban J connectivity index is 1.30. The minimum atomic E-state index is -1.03. The molecule has 0 atom stereocenters. The predicted molar refractivity (Wildman–Crippen MR) is 151 cm³/mol. The standard InChI is InChI=1S/C29H21BrN2O4S/c1-32-27(33)26(37-29(32)31-23-8-4-7-22(16-23)28(34)35)15-18-10-12-25(24(30)14-18)36-17-19-9-11-20-5-2-3-6-21(20)13-19/h2-16H,17H2,1H3,(H,34,35)/b26-15-,31-29?. The zero-order valence-corrected chi connectivity index (χ0v) is 22.1. The molecule has 1 aliphatic heterocycles. The van der Waals surface area contributed by atoms with Crippen LogP contribution in [0.15, 0.2) is 99.3 Å². The second-order valence-electron chi connectivity index (χ2n) is 8.38. The van der Waals surface area contributed by atoms with Crippen LogP contribution in [0.3, 0.4) is 0 Å². The molecule has 184 valence electrons. The number of aliphatic imine (C=N–C) groups is 1. The van der Waals surface area contributed by atoms with E-state index in [-0.39, 0.29) is 11.5 Å². The van der Waals surface area contributed by atoms with Crippen LogP contribution in [0.1, 0.15) is 21.5 Å². The summed E-state index contributed by atoms with van der Waals surface area (Å²) < 4.78 is 6.82. The van der Waals surface area contributed by atoms with Gasteiger partial charge in [-0.3, -0.25) is 9.69 Å². The van der Waals surface area contributed by atoms with E-state index in [4.69, 9.17) is 4.74 Å². The van der Waals surface area contributed by atoms with E-state index in [0.717, 1.165) is 15.6 Å². The van der Waals surface area contributed by atoms with Gasteiger partial charge in [-0.05, 0) is 92.1 Å². The van der Waals surface area contributed by atoms with Gasteiger partial charge in [-0.15, -0.1) is 0 Å². The van der Waals surface area contributed by atoms with E-state index >= 15 is 0 Å². The van der Waals surface area contributed by atoms with Gasteiger partial charge in [0.1, 0.15) is 12.4 Å². The van der Waals surface area contributed by atoms with Gasteiger partial charge in [0.15, 0.2) is 5.17 Å². The smallest absolute Gasteiger partial charge is 0.335 e. The molecule has 1 N–H and O–H groups in total. The summed E-state index contributed by atoms with van der Waals surface area (Å²) in [7, 11) is 1.65. The third-order valence-corrected chi connectivity index (χ3v) is 7.46. The van der Waals surface area contributed by atoms with Crippen molar-refractivity contribution in [2.75, 3.05) is 7.05 Å². The fourth-order valence-corrected chi connectivity index (χ4v) is 5.33. The number of carbonyl (C=O) groups is 2. The first-order chi connectivity index (χ1) is 17.9. The molecule has 0 unspecified atom stereocenters. The van der Waals surface area contributed by atoms with Crippen molar-refractivity contribution in [3.05, 3.63) is 111 Å². The first-order valence-corrected chi connectivity index (χ1v) is 13.0. The monoisotopic (exact) mass is 572 g/mol. The molecule has 0 saturated carbocycles. The maximum atomic E-state index is 12.8. The highest BCUT2D eigenvalue weighted by molar-refractivity contribution is 9.10. The lowest BCUT2D eigenvalue weighted by Gasteiger charge is -2.10. The van der Waals surface area contributed by atoms with Gasteiger partial charge in [-0.1, -0.05) is 48.5 Å². The van der Waals surface area contributed by atoms with Crippen molar-refractivity contribution in [1.29, 1.82) is 0 Å². The van der Waals surface area contributed by atoms with Crippen LogP contribution in [0.5, 0.6) is 5.75 Å². The Morgan fingerprint density at radius 1 is 1.03 bits per heavy atom. The highest BCUT2D eigenvalue weighted by Crippen LogP contribution is 2.35. The molecule has 8 heteroatoms. The van der Waals surface area contributed by atoms with Crippen molar-refractivity contribution in [3.8, 4) is 5.75 Å². The molecular weight excluding hydrogens is 552 g/mol. The summed E-state index contributed by atoms with van der Waals surface area (Å²) in [6.45, 7) is 0.436. The largest absolute Gasteiger partial charge is 0.488 e. The van der Waals surface area contributed by atoms with Gasteiger partial charge >= 0.3 is 5.97 Å². The maximum Gasteiger partial charge on any atom is 0.335 e. The molecule has 0 bridgehead atoms. The Morgan fingerprint density at radius 2 is 1.84 bits per heavy atom. The van der Waals surface area contributed by atoms with Crippen molar-refractivity contribution in [3.63, 3.8) is 0 Å². The van der Waals surface area contributed by atoms with E-state index in [1.54, 1.807) is 25.3 Å². The van der Waals surface area contributed by atoms with E-state index < -0.39 is 5.97 Å². The van der Waals surface area contributed by atoms with Crippen LogP contribution in [0.4, 0.5) is 5.69 Å². The number of carboxylic acids is 1. The molecule has 0 spiro atoms. The molecule has 6 nitrogen and oxygen atoms in total. The van der Waals surface area contributed by atoms with E-state index in [1.807, 2.05) is 30.3 Å². The number of hydrogen-bond donors (Lipinski definition) is 1. The molecule has 1 saturated heterocycles. The number of hydrogen-bond acceptors (Lipinski definition) is 5. The van der Waals surface area contributed by atoms with Crippen molar-refractivity contribution in [2.24, 2.45) is 4.99 Å². The van der Waals surface area contributed by atoms with Gasteiger partial charge in [0.05, 0.1) is 20.6 Å². The Labute approximate surface area is 226 Å². The Kier molecular flexibility index (Phi) is 7.12. The molecule has 1 amide bonds. The topological polar surface area (TPSA) is 79.2 Å². The van der Waals surface area contributed by atoms with E-state index in [2.05, 4.69) is 51.3 Å². The fourth-order valence-electron chi connectivity index (χ4n) is 3.84. The van der Waals surface area contributed by atoms with Crippen LogP contribution in [-0.4, -0.2) is 34.1 Å². The third kappa shape index (κ3) is 5.60. The summed E-state index contributed by atoms with van der Waals surface area (Å²) in [6.07, 6.45) is 1.80. The second-order valence-corrected chi connectivity index (χ2v) is 10.2. The van der Waals surface area contributed by atoms with Gasteiger partial charge in [-0.2, -0.15) is 0 Å². The number of carbonyl (C=O) groups excluding carboxylic acids is 1. The van der Waals surface area contributed by atoms with Crippen molar-refractivity contribution >= 4 is 67.3 Å². The molecule has 1 fully saturated rings. The summed E-state index contributed by atoms with van der Waals surface area (Å²) in [5.74, 6) is -0.495. The average molecular weight is 573 g/mol. The number of halogens is 1. The molecule has 1 aliphatic rings. The molecule has 37 heavy (non-hydrogen) atoms. The van der Waals surface area contributed by atoms with Crippen LogP contribution in [0, 0.1) is 0 Å². The number of rotatable bonds is 6. The van der Waals surface area contributed by atoms with E-state index in [1.165, 1.54) is 39.6 Å². The lowest BCUT2D eigenvalue weighted by Crippen LogP contribution is -2.23. The number of amidine groups is 1. The fraction of sp³-hybridized carbons (Fsp3) is 0.0690. The zero-order chi connectivity index (χ0) is 25.9. The summed E-state index contributed by atoms with van der Waals surface area (Å²) >= 11 is 4.83. The number of carboxylic acid groups (broad SMARTS) is 1. The van der Waals surface area contributed by atoms with Crippen LogP contribution in [0.2, 0.25) is 0 Å². The van der Waals surface area contributed by atoms with Crippen LogP contribution < -0.4 is 4.74 Å². The maximum absolute atomic E-state index is 12.8. The molecule has 1 heterocycles. The van der Waals surface area contributed by atoms with Gasteiger partial charge in [-0.25, -0.2) is 9.79 Å². The number of fused-ring (bicyclic) bond motifs is 1. The van der Waals surface area contributed by atoms with Crippen LogP contribution >= 0.6 is 27.7 Å². The Bertz CT molecular complexity index is 1600. The predicted octanol–water partition coefficient (Wildman–Crippen LogP) is 7.11. The number of nitrogens with zero attached hydrogens (tertiary/aromatic N) is 2. The Morgan fingerprint density at radius 3 is 2.62 bits per heavy atom. The number of aromatic carboxylic acids is 1. The van der Waals surface area contributed by atoms with Gasteiger partial charge < -0.3 is 9.84 Å². The van der Waals surface area contributed by atoms with Crippen molar-refractivity contribution < 1.29 is 19.4 Å². The molecular formula is C29H21BrN2O4S. The minimum Gasteiger partial charge on any atom is -0.488 e. The van der Waals surface area contributed by atoms with Crippen molar-refractivity contribution in [1.82, 2.24) is 4.90 Å². The Hall–Kier alpha value is -3.88. The first-order valence-electron chi connectivity index (χ1n) is 11.4. The van der Waals surface area contributed by atoms with E-state index in [0.29, 0.717) is 28.1 Å². The zero-order valence-electron chi connectivity index (χ0n) is 19.7. The first kappa shape index (κ1) is 24.8. The minimum absolute atomic E-state index is 0.141. The van der Waals surface area contributed by atoms with Gasteiger partial charge in [0.2, 0.25) is 0 Å². The summed E-state index contributed by atoms with van der Waals surface area (Å²) in [4.78, 5) is 30.5. The summed E-state index contributed by atoms with van der Waals surface area (Å²) in [5.41, 5.74) is 2.53. The quantitative estimate of drug-likeness (QED) is 0.249. The number of thioether (sulfide) groups is 1. The number of likely N-dealkylation sites (N-methyl/N-ethyl adjacent to an activating group) is 1. The average Bonchev–Trinajstić information content (AvgIpc) is 3.15. The van der Waals surface area contributed by atoms with Crippen LogP contribution in [0.25, 0.3) is 16.8 Å².